The third-order valence-electron chi connectivity index (χ3n) is 3.72. The van der Waals surface area contributed by atoms with Crippen LogP contribution < -0.4 is 15.4 Å². The van der Waals surface area contributed by atoms with E-state index in [1.807, 2.05) is 54.6 Å². The van der Waals surface area contributed by atoms with E-state index in [-0.39, 0.29) is 5.57 Å². The Morgan fingerprint density at radius 1 is 1.23 bits per heavy atom. The highest BCUT2D eigenvalue weighted by Crippen LogP contribution is 2.14. The van der Waals surface area contributed by atoms with E-state index in [0.717, 1.165) is 16.9 Å². The normalized spacial score (nSPS) is 10.7. The van der Waals surface area contributed by atoms with Gasteiger partial charge in [-0.1, -0.05) is 41.9 Å². The molecule has 0 unspecified atom stereocenters. The molecule has 26 heavy (non-hydrogen) atoms. The Hall–Kier alpha value is -2.97. The van der Waals surface area contributed by atoms with Crippen LogP contribution in [0.5, 0.6) is 5.75 Å². The summed E-state index contributed by atoms with van der Waals surface area (Å²) in [6, 6.07) is 16.8. The van der Waals surface area contributed by atoms with E-state index in [1.54, 1.807) is 7.11 Å². The van der Waals surface area contributed by atoms with Crippen molar-refractivity contribution in [1.82, 2.24) is 10.6 Å². The van der Waals surface area contributed by atoms with Crippen LogP contribution in [0.3, 0.4) is 0 Å². The van der Waals surface area contributed by atoms with Crippen LogP contribution in [-0.4, -0.2) is 19.6 Å². The average molecular weight is 370 g/mol. The van der Waals surface area contributed by atoms with Gasteiger partial charge in [0.25, 0.3) is 5.91 Å². The Morgan fingerprint density at radius 2 is 1.96 bits per heavy atom. The van der Waals surface area contributed by atoms with E-state index in [4.69, 9.17) is 21.6 Å². The molecule has 2 rings (SSSR count). The smallest absolute Gasteiger partial charge is 0.263 e. The van der Waals surface area contributed by atoms with Crippen molar-refractivity contribution >= 4 is 17.5 Å². The molecule has 5 nitrogen and oxygen atoms in total. The molecule has 0 aliphatic carbocycles. The third kappa shape index (κ3) is 5.83. The van der Waals surface area contributed by atoms with Crippen LogP contribution in [0.2, 0.25) is 5.02 Å². The molecular formula is C20H20ClN3O2. The van der Waals surface area contributed by atoms with Crippen LogP contribution in [0, 0.1) is 11.3 Å². The zero-order valence-corrected chi connectivity index (χ0v) is 15.2. The van der Waals surface area contributed by atoms with Gasteiger partial charge in [-0.3, -0.25) is 4.79 Å². The molecule has 0 radical (unpaired) electrons. The number of halogens is 1. The molecule has 0 bridgehead atoms. The van der Waals surface area contributed by atoms with Gasteiger partial charge in [0.15, 0.2) is 0 Å². The highest BCUT2D eigenvalue weighted by molar-refractivity contribution is 6.31. The van der Waals surface area contributed by atoms with Gasteiger partial charge in [-0.25, -0.2) is 0 Å². The Labute approximate surface area is 158 Å². The zero-order valence-electron chi connectivity index (χ0n) is 14.5. The van der Waals surface area contributed by atoms with E-state index in [2.05, 4.69) is 10.6 Å². The number of nitrogens with one attached hydrogen (secondary N) is 2. The van der Waals surface area contributed by atoms with Crippen molar-refractivity contribution in [2.75, 3.05) is 13.7 Å². The van der Waals surface area contributed by atoms with Gasteiger partial charge in [-0.2, -0.15) is 5.26 Å². The first-order valence-electron chi connectivity index (χ1n) is 8.12. The monoisotopic (exact) mass is 369 g/mol. The summed E-state index contributed by atoms with van der Waals surface area (Å²) in [6.07, 6.45) is 2.13. The van der Waals surface area contributed by atoms with E-state index >= 15 is 0 Å². The molecule has 2 N–H and O–H groups in total. The molecule has 6 heteroatoms. The molecule has 2 aromatic carbocycles. The lowest BCUT2D eigenvalue weighted by Crippen LogP contribution is -2.25. The second-order valence-corrected chi connectivity index (χ2v) is 5.90. The van der Waals surface area contributed by atoms with Crippen molar-refractivity contribution in [1.29, 1.82) is 5.26 Å². The summed E-state index contributed by atoms with van der Waals surface area (Å²) >= 11 is 6.09. The molecule has 0 saturated heterocycles. The summed E-state index contributed by atoms with van der Waals surface area (Å²) in [5, 5.41) is 15.6. The largest absolute Gasteiger partial charge is 0.497 e. The minimum absolute atomic E-state index is 0.0256. The molecule has 0 heterocycles. The topological polar surface area (TPSA) is 74.1 Å². The fourth-order valence-electron chi connectivity index (χ4n) is 2.25. The predicted molar refractivity (Wildman–Crippen MR) is 102 cm³/mol. The fourth-order valence-corrected chi connectivity index (χ4v) is 2.48. The molecule has 0 aromatic heterocycles. The number of nitriles is 1. The molecule has 1 amide bonds. The zero-order chi connectivity index (χ0) is 18.8. The lowest BCUT2D eigenvalue weighted by atomic mass is 10.1. The van der Waals surface area contributed by atoms with Crippen LogP contribution in [0.15, 0.2) is 60.3 Å². The lowest BCUT2D eigenvalue weighted by molar-refractivity contribution is -0.117. The Morgan fingerprint density at radius 3 is 2.62 bits per heavy atom. The number of rotatable bonds is 8. The van der Waals surface area contributed by atoms with Gasteiger partial charge < -0.3 is 15.4 Å². The molecule has 0 saturated carbocycles. The number of amides is 1. The number of nitrogens with zero attached hydrogens (tertiary/aromatic N) is 1. The molecule has 2 aromatic rings. The first kappa shape index (κ1) is 19.4. The maximum absolute atomic E-state index is 12.1. The molecule has 0 aliphatic rings. The van der Waals surface area contributed by atoms with Gasteiger partial charge >= 0.3 is 0 Å². The number of carbonyl (C=O) groups excluding carboxylic acids is 1. The first-order chi connectivity index (χ1) is 12.6. The number of benzene rings is 2. The summed E-state index contributed by atoms with van der Waals surface area (Å²) < 4.78 is 5.09. The number of methoxy groups -OCH3 is 1. The maximum atomic E-state index is 12.1. The fraction of sp³-hybridized carbons (Fsp3) is 0.200. The maximum Gasteiger partial charge on any atom is 0.263 e. The van der Waals surface area contributed by atoms with Crippen molar-refractivity contribution in [2.45, 2.75) is 13.0 Å². The average Bonchev–Trinajstić information content (AvgIpc) is 2.68. The van der Waals surface area contributed by atoms with Gasteiger partial charge in [-0.15, -0.1) is 0 Å². The van der Waals surface area contributed by atoms with Crippen LogP contribution in [-0.2, 0) is 17.8 Å². The number of carbonyl (C=O) groups is 1. The Kier molecular flexibility index (Phi) is 7.53. The van der Waals surface area contributed by atoms with Gasteiger partial charge in [0, 0.05) is 24.3 Å². The Bertz CT molecular complexity index is 811. The highest BCUT2D eigenvalue weighted by Gasteiger charge is 2.08. The van der Waals surface area contributed by atoms with E-state index in [1.165, 1.54) is 6.20 Å². The molecule has 0 spiro atoms. The van der Waals surface area contributed by atoms with Crippen molar-refractivity contribution in [3.05, 3.63) is 76.5 Å². The minimum atomic E-state index is -0.423. The van der Waals surface area contributed by atoms with E-state index in [9.17, 15) is 4.79 Å². The predicted octanol–water partition coefficient (Wildman–Crippen LogP) is 3.20. The second kappa shape index (κ2) is 10.1. The molecular weight excluding hydrogens is 350 g/mol. The van der Waals surface area contributed by atoms with Gasteiger partial charge in [0.1, 0.15) is 17.4 Å². The first-order valence-corrected chi connectivity index (χ1v) is 8.50. The number of hydrogen-bond acceptors (Lipinski definition) is 4. The molecule has 134 valence electrons. The van der Waals surface area contributed by atoms with Crippen molar-refractivity contribution in [3.8, 4) is 11.8 Å². The molecule has 0 aliphatic heterocycles. The van der Waals surface area contributed by atoms with Crippen LogP contribution in [0.4, 0.5) is 0 Å². The number of ether oxygens (including phenoxy) is 1. The van der Waals surface area contributed by atoms with Crippen molar-refractivity contribution < 1.29 is 9.53 Å². The van der Waals surface area contributed by atoms with Crippen molar-refractivity contribution in [2.24, 2.45) is 0 Å². The third-order valence-corrected chi connectivity index (χ3v) is 4.09. The molecule has 0 atom stereocenters. The number of hydrogen-bond donors (Lipinski definition) is 2. The summed E-state index contributed by atoms with van der Waals surface area (Å²) in [5.41, 5.74) is 1.96. The summed E-state index contributed by atoms with van der Waals surface area (Å²) in [5.74, 6) is 0.328. The van der Waals surface area contributed by atoms with Crippen LogP contribution in [0.1, 0.15) is 11.1 Å². The van der Waals surface area contributed by atoms with Gasteiger partial charge in [0.05, 0.1) is 7.11 Å². The quantitative estimate of drug-likeness (QED) is 0.425. The van der Waals surface area contributed by atoms with Gasteiger partial charge in [-0.05, 0) is 35.7 Å². The summed E-state index contributed by atoms with van der Waals surface area (Å²) in [6.45, 7) is 0.905. The highest BCUT2D eigenvalue weighted by atomic mass is 35.5. The second-order valence-electron chi connectivity index (χ2n) is 5.50. The van der Waals surface area contributed by atoms with Gasteiger partial charge in [0.2, 0.25) is 0 Å². The lowest BCUT2D eigenvalue weighted by Gasteiger charge is -2.07. The van der Waals surface area contributed by atoms with E-state index in [0.29, 0.717) is 24.5 Å². The SMILES string of the molecule is COc1ccc(CNC(=O)/C(C#N)=C\NCCc2ccccc2Cl)cc1. The Balaban J connectivity index is 1.82. The summed E-state index contributed by atoms with van der Waals surface area (Å²) in [4.78, 5) is 12.1. The van der Waals surface area contributed by atoms with Crippen LogP contribution >= 0.6 is 11.6 Å². The molecule has 0 fully saturated rings. The van der Waals surface area contributed by atoms with E-state index < -0.39 is 5.91 Å². The van der Waals surface area contributed by atoms with Crippen molar-refractivity contribution in [3.63, 3.8) is 0 Å². The minimum Gasteiger partial charge on any atom is -0.497 e. The standard InChI is InChI=1S/C20H20ClN3O2/c1-26-18-8-6-15(7-9-18)13-24-20(25)17(12-22)14-23-11-10-16-4-2-3-5-19(16)21/h2-9,14,23H,10-11,13H2,1H3,(H,24,25)/b17-14-. The van der Waals surface area contributed by atoms with Crippen LogP contribution in [0.25, 0.3) is 0 Å². The summed E-state index contributed by atoms with van der Waals surface area (Å²) in [7, 11) is 1.60.